The van der Waals surface area contributed by atoms with Crippen LogP contribution in [0.25, 0.3) is 0 Å². The molecule has 7 heteroatoms. The van der Waals surface area contributed by atoms with Crippen LogP contribution in [0.1, 0.15) is 24.8 Å². The summed E-state index contributed by atoms with van der Waals surface area (Å²) in [6.45, 7) is 1.59. The fourth-order valence-corrected chi connectivity index (χ4v) is 3.36. The number of amides is 2. The number of carbonyl (C=O) groups excluding carboxylic acids is 1. The van der Waals surface area contributed by atoms with Crippen molar-refractivity contribution in [2.45, 2.75) is 31.7 Å². The number of carbonyl (C=O) groups is 1. The van der Waals surface area contributed by atoms with E-state index in [-0.39, 0.29) is 12.1 Å². The molecule has 1 heterocycles. The highest BCUT2D eigenvalue weighted by molar-refractivity contribution is 7.88. The first-order valence-electron chi connectivity index (χ1n) is 7.99. The average molecular weight is 339 g/mol. The Bertz CT molecular complexity index is 604. The number of hydrogen-bond acceptors (Lipinski definition) is 3. The number of nitrogens with one attached hydrogen (secondary N) is 2. The number of benzene rings is 1. The van der Waals surface area contributed by atoms with Crippen molar-refractivity contribution in [1.29, 1.82) is 0 Å². The lowest BCUT2D eigenvalue weighted by atomic mass is 10.0. The molecule has 0 unspecified atom stereocenters. The first-order valence-corrected chi connectivity index (χ1v) is 9.88. The van der Waals surface area contributed by atoms with Gasteiger partial charge < -0.3 is 10.2 Å². The van der Waals surface area contributed by atoms with E-state index >= 15 is 0 Å². The Labute approximate surface area is 138 Å². The molecule has 23 heavy (non-hydrogen) atoms. The lowest BCUT2D eigenvalue weighted by Crippen LogP contribution is -2.44. The normalized spacial score (nSPS) is 18.1. The molecule has 0 bridgehead atoms. The number of hydrogen-bond donors (Lipinski definition) is 2. The van der Waals surface area contributed by atoms with Crippen LogP contribution >= 0.6 is 0 Å². The van der Waals surface area contributed by atoms with Crippen molar-refractivity contribution in [3.05, 3.63) is 35.9 Å². The van der Waals surface area contributed by atoms with Crippen LogP contribution in [-0.2, 0) is 16.4 Å². The molecule has 1 saturated heterocycles. The molecule has 1 aliphatic rings. The van der Waals surface area contributed by atoms with E-state index in [0.29, 0.717) is 19.5 Å². The molecule has 1 atom stereocenters. The Morgan fingerprint density at radius 2 is 2.00 bits per heavy atom. The molecule has 1 aliphatic heterocycles. The minimum atomic E-state index is -3.16. The third-order valence-electron chi connectivity index (χ3n) is 3.95. The van der Waals surface area contributed by atoms with E-state index in [1.54, 1.807) is 0 Å². The molecular weight excluding hydrogens is 314 g/mol. The topological polar surface area (TPSA) is 78.5 Å². The molecule has 0 saturated carbocycles. The molecule has 2 amide bonds. The van der Waals surface area contributed by atoms with Crippen LogP contribution in [-0.4, -0.2) is 51.3 Å². The Hall–Kier alpha value is -1.60. The lowest BCUT2D eigenvalue weighted by molar-refractivity contribution is 0.192. The van der Waals surface area contributed by atoms with E-state index in [0.717, 1.165) is 32.1 Å². The number of sulfonamides is 1. The van der Waals surface area contributed by atoms with Crippen molar-refractivity contribution in [2.24, 2.45) is 0 Å². The van der Waals surface area contributed by atoms with Gasteiger partial charge in [-0.1, -0.05) is 30.3 Å². The predicted molar refractivity (Wildman–Crippen MR) is 90.7 cm³/mol. The van der Waals surface area contributed by atoms with Gasteiger partial charge in [0.15, 0.2) is 0 Å². The fourth-order valence-electron chi connectivity index (χ4n) is 2.84. The summed E-state index contributed by atoms with van der Waals surface area (Å²) in [4.78, 5) is 14.2. The van der Waals surface area contributed by atoms with Gasteiger partial charge in [0.2, 0.25) is 10.0 Å². The molecule has 128 valence electrons. The third kappa shape index (κ3) is 6.19. The molecule has 0 radical (unpaired) electrons. The quantitative estimate of drug-likeness (QED) is 0.736. The van der Waals surface area contributed by atoms with Crippen molar-refractivity contribution in [1.82, 2.24) is 14.9 Å². The third-order valence-corrected chi connectivity index (χ3v) is 4.67. The summed E-state index contributed by atoms with van der Waals surface area (Å²) in [5, 5.41) is 2.88. The lowest BCUT2D eigenvalue weighted by Gasteiger charge is -2.25. The minimum Gasteiger partial charge on any atom is -0.338 e. The molecule has 0 aliphatic carbocycles. The highest BCUT2D eigenvalue weighted by Gasteiger charge is 2.28. The second-order valence-electron chi connectivity index (χ2n) is 5.93. The van der Waals surface area contributed by atoms with E-state index in [1.165, 1.54) is 5.56 Å². The SMILES string of the molecule is CS(=O)(=O)NCCCNC(=O)N1CCC[C@H]1Cc1ccccc1. The van der Waals surface area contributed by atoms with Gasteiger partial charge in [-0.05, 0) is 31.2 Å². The first-order chi connectivity index (χ1) is 11.0. The van der Waals surface area contributed by atoms with E-state index < -0.39 is 10.0 Å². The van der Waals surface area contributed by atoms with Crippen LogP contribution in [0.15, 0.2) is 30.3 Å². The van der Waals surface area contributed by atoms with Gasteiger partial charge in [0.25, 0.3) is 0 Å². The van der Waals surface area contributed by atoms with Crippen LogP contribution < -0.4 is 10.0 Å². The molecule has 2 N–H and O–H groups in total. The van der Waals surface area contributed by atoms with E-state index in [1.807, 2.05) is 23.1 Å². The maximum Gasteiger partial charge on any atom is 0.317 e. The zero-order valence-electron chi connectivity index (χ0n) is 13.5. The molecular formula is C16H25N3O3S. The van der Waals surface area contributed by atoms with Crippen LogP contribution in [0.2, 0.25) is 0 Å². The van der Waals surface area contributed by atoms with E-state index in [2.05, 4.69) is 22.2 Å². The summed E-state index contributed by atoms with van der Waals surface area (Å²) in [6.07, 6.45) is 4.64. The second-order valence-corrected chi connectivity index (χ2v) is 7.76. The van der Waals surface area contributed by atoms with Crippen LogP contribution in [0.3, 0.4) is 0 Å². The minimum absolute atomic E-state index is 0.0530. The zero-order valence-corrected chi connectivity index (χ0v) is 14.3. The van der Waals surface area contributed by atoms with Crippen molar-refractivity contribution >= 4 is 16.1 Å². The Kier molecular flexibility index (Phi) is 6.41. The molecule has 1 fully saturated rings. The van der Waals surface area contributed by atoms with E-state index in [4.69, 9.17) is 0 Å². The summed E-state index contributed by atoms with van der Waals surface area (Å²) in [6, 6.07) is 10.4. The molecule has 6 nitrogen and oxygen atoms in total. The predicted octanol–water partition coefficient (Wildman–Crippen LogP) is 1.34. The molecule has 1 aromatic rings. The van der Waals surface area contributed by atoms with Gasteiger partial charge in [0.1, 0.15) is 0 Å². The monoisotopic (exact) mass is 339 g/mol. The summed E-state index contributed by atoms with van der Waals surface area (Å²) in [5.41, 5.74) is 1.24. The summed E-state index contributed by atoms with van der Waals surface area (Å²) >= 11 is 0. The summed E-state index contributed by atoms with van der Waals surface area (Å²) in [5.74, 6) is 0. The smallest absolute Gasteiger partial charge is 0.317 e. The van der Waals surface area contributed by atoms with Crippen molar-refractivity contribution in [3.63, 3.8) is 0 Å². The first kappa shape index (κ1) is 17.7. The van der Waals surface area contributed by atoms with Gasteiger partial charge >= 0.3 is 6.03 Å². The number of rotatable bonds is 7. The molecule has 1 aromatic carbocycles. The Balaban J connectivity index is 1.75. The standard InChI is InChI=1S/C16H25N3O3S/c1-23(21,22)18-11-6-10-17-16(20)19-12-5-9-15(19)13-14-7-3-2-4-8-14/h2-4,7-8,15,18H,5-6,9-13H2,1H3,(H,17,20)/t15-/m0/s1. The molecule has 0 spiro atoms. The number of nitrogens with zero attached hydrogens (tertiary/aromatic N) is 1. The van der Waals surface area contributed by atoms with Gasteiger partial charge in [0, 0.05) is 25.7 Å². The highest BCUT2D eigenvalue weighted by Crippen LogP contribution is 2.21. The fraction of sp³-hybridized carbons (Fsp3) is 0.562. The highest BCUT2D eigenvalue weighted by atomic mass is 32.2. The van der Waals surface area contributed by atoms with Crippen molar-refractivity contribution in [3.8, 4) is 0 Å². The maximum atomic E-state index is 12.3. The van der Waals surface area contributed by atoms with Gasteiger partial charge in [-0.15, -0.1) is 0 Å². The Morgan fingerprint density at radius 1 is 1.26 bits per heavy atom. The Morgan fingerprint density at radius 3 is 2.70 bits per heavy atom. The van der Waals surface area contributed by atoms with Gasteiger partial charge in [-0.3, -0.25) is 0 Å². The zero-order chi connectivity index (χ0) is 16.7. The van der Waals surface area contributed by atoms with Crippen molar-refractivity contribution < 1.29 is 13.2 Å². The van der Waals surface area contributed by atoms with Crippen molar-refractivity contribution in [2.75, 3.05) is 25.9 Å². The largest absolute Gasteiger partial charge is 0.338 e. The van der Waals surface area contributed by atoms with E-state index in [9.17, 15) is 13.2 Å². The van der Waals surface area contributed by atoms with Crippen LogP contribution in [0, 0.1) is 0 Å². The van der Waals surface area contributed by atoms with Gasteiger partial charge in [0.05, 0.1) is 6.26 Å². The van der Waals surface area contributed by atoms with Crippen LogP contribution in [0.4, 0.5) is 4.79 Å². The van der Waals surface area contributed by atoms with Crippen LogP contribution in [0.5, 0.6) is 0 Å². The summed E-state index contributed by atoms with van der Waals surface area (Å²) in [7, 11) is -3.16. The maximum absolute atomic E-state index is 12.3. The number of urea groups is 1. The second kappa shape index (κ2) is 8.31. The molecule has 2 rings (SSSR count). The van der Waals surface area contributed by atoms with Gasteiger partial charge in [-0.2, -0.15) is 0 Å². The number of likely N-dealkylation sites (tertiary alicyclic amines) is 1. The van der Waals surface area contributed by atoms with Gasteiger partial charge in [-0.25, -0.2) is 17.9 Å². The molecule has 0 aromatic heterocycles. The average Bonchev–Trinajstić information content (AvgIpc) is 2.95. The summed E-state index contributed by atoms with van der Waals surface area (Å²) < 4.78 is 24.3.